The van der Waals surface area contributed by atoms with E-state index in [-0.39, 0.29) is 5.41 Å². The van der Waals surface area contributed by atoms with E-state index in [1.165, 1.54) is 46.7 Å². The van der Waals surface area contributed by atoms with Crippen molar-refractivity contribution in [2.75, 3.05) is 0 Å². The van der Waals surface area contributed by atoms with Crippen molar-refractivity contribution in [1.82, 2.24) is 0 Å². The van der Waals surface area contributed by atoms with Crippen LogP contribution in [0.4, 0.5) is 0 Å². The molecule has 0 saturated heterocycles. The van der Waals surface area contributed by atoms with Crippen molar-refractivity contribution >= 4 is 34.0 Å². The van der Waals surface area contributed by atoms with E-state index in [9.17, 15) is 0 Å². The van der Waals surface area contributed by atoms with Crippen LogP contribution in [0.25, 0.3) is 0 Å². The van der Waals surface area contributed by atoms with Gasteiger partial charge in [0.2, 0.25) is 0 Å². The number of thiophene rings is 3. The molecule has 3 heterocycles. The highest BCUT2D eigenvalue weighted by atomic mass is 32.1. The van der Waals surface area contributed by atoms with Gasteiger partial charge in [-0.1, -0.05) is 37.5 Å². The van der Waals surface area contributed by atoms with Gasteiger partial charge in [-0.05, 0) is 53.1 Å². The smallest absolute Gasteiger partial charge is 0.0759 e. The molecule has 1 aliphatic rings. The number of rotatable bonds is 4. The molecule has 1 saturated carbocycles. The summed E-state index contributed by atoms with van der Waals surface area (Å²) in [6.07, 6.45) is 6.89. The summed E-state index contributed by atoms with van der Waals surface area (Å²) in [7, 11) is 0. The van der Waals surface area contributed by atoms with Gasteiger partial charge in [0.1, 0.15) is 0 Å². The Hall–Kier alpha value is -0.900. The molecule has 0 unspecified atom stereocenters. The maximum absolute atomic E-state index is 2.36. The SMILES string of the molecule is c1csc(C(c2cccs2)(c2cccs2)C2CCCCC2)c1. The Balaban J connectivity index is 1.96. The molecule has 0 aliphatic heterocycles. The second-order valence-electron chi connectivity index (χ2n) is 6.07. The molecule has 1 fully saturated rings. The Morgan fingerprint density at radius 2 is 1.14 bits per heavy atom. The van der Waals surface area contributed by atoms with Gasteiger partial charge in [-0.2, -0.15) is 0 Å². The Labute approximate surface area is 144 Å². The minimum absolute atomic E-state index is 0.0942. The van der Waals surface area contributed by atoms with Gasteiger partial charge in [0.25, 0.3) is 0 Å². The average molecular weight is 345 g/mol. The summed E-state index contributed by atoms with van der Waals surface area (Å²) >= 11 is 5.80. The maximum Gasteiger partial charge on any atom is 0.0759 e. The lowest BCUT2D eigenvalue weighted by atomic mass is 9.66. The van der Waals surface area contributed by atoms with E-state index in [1.807, 2.05) is 34.0 Å². The summed E-state index contributed by atoms with van der Waals surface area (Å²) in [6.45, 7) is 0. The highest BCUT2D eigenvalue weighted by Gasteiger charge is 2.46. The third-order valence-electron chi connectivity index (χ3n) is 4.95. The first-order valence-corrected chi connectivity index (χ1v) is 10.7. The lowest BCUT2D eigenvalue weighted by molar-refractivity contribution is 0.280. The second-order valence-corrected chi connectivity index (χ2v) is 8.92. The molecule has 0 atom stereocenters. The molecule has 0 nitrogen and oxygen atoms in total. The molecular weight excluding hydrogens is 324 g/mol. The molecule has 3 aromatic heterocycles. The van der Waals surface area contributed by atoms with Crippen LogP contribution in [0.15, 0.2) is 52.5 Å². The van der Waals surface area contributed by atoms with Gasteiger partial charge in [0.15, 0.2) is 0 Å². The normalized spacial score (nSPS) is 16.9. The zero-order chi connectivity index (χ0) is 14.8. The van der Waals surface area contributed by atoms with E-state index < -0.39 is 0 Å². The predicted octanol–water partition coefficient (Wildman–Crippen LogP) is 6.79. The third kappa shape index (κ3) is 2.31. The van der Waals surface area contributed by atoms with Gasteiger partial charge >= 0.3 is 0 Å². The van der Waals surface area contributed by atoms with Crippen molar-refractivity contribution in [2.24, 2.45) is 5.92 Å². The van der Waals surface area contributed by atoms with E-state index in [0.29, 0.717) is 0 Å². The lowest BCUT2D eigenvalue weighted by Crippen LogP contribution is -2.37. The topological polar surface area (TPSA) is 0 Å². The molecule has 22 heavy (non-hydrogen) atoms. The van der Waals surface area contributed by atoms with E-state index in [4.69, 9.17) is 0 Å². The third-order valence-corrected chi connectivity index (χ3v) is 7.96. The average Bonchev–Trinajstić information content (AvgIpc) is 3.34. The fourth-order valence-electron chi connectivity index (χ4n) is 4.01. The quantitative estimate of drug-likeness (QED) is 0.489. The van der Waals surface area contributed by atoms with Crippen molar-refractivity contribution in [1.29, 1.82) is 0 Å². The molecule has 0 aromatic carbocycles. The van der Waals surface area contributed by atoms with Crippen LogP contribution in [0.1, 0.15) is 46.7 Å². The Kier molecular flexibility index (Phi) is 4.21. The zero-order valence-corrected chi connectivity index (χ0v) is 15.0. The molecule has 4 rings (SSSR count). The van der Waals surface area contributed by atoms with Crippen LogP contribution < -0.4 is 0 Å². The van der Waals surface area contributed by atoms with Crippen LogP contribution in [-0.4, -0.2) is 0 Å². The fraction of sp³-hybridized carbons (Fsp3) is 0.368. The number of hydrogen-bond donors (Lipinski definition) is 0. The van der Waals surface area contributed by atoms with Crippen LogP contribution in [0.3, 0.4) is 0 Å². The Morgan fingerprint density at radius 1 is 0.682 bits per heavy atom. The summed E-state index contributed by atoms with van der Waals surface area (Å²) < 4.78 is 0. The summed E-state index contributed by atoms with van der Waals surface area (Å²) in [5.41, 5.74) is 0.0942. The first-order chi connectivity index (χ1) is 10.9. The van der Waals surface area contributed by atoms with Crippen molar-refractivity contribution in [3.63, 3.8) is 0 Å². The molecule has 3 heteroatoms. The lowest BCUT2D eigenvalue weighted by Gasteiger charge is -2.41. The van der Waals surface area contributed by atoms with E-state index in [2.05, 4.69) is 52.5 Å². The molecule has 0 spiro atoms. The van der Waals surface area contributed by atoms with Crippen LogP contribution in [0.5, 0.6) is 0 Å². The maximum atomic E-state index is 2.36. The van der Waals surface area contributed by atoms with Crippen LogP contribution in [0, 0.1) is 5.92 Å². The zero-order valence-electron chi connectivity index (χ0n) is 12.5. The van der Waals surface area contributed by atoms with Crippen molar-refractivity contribution in [3.8, 4) is 0 Å². The van der Waals surface area contributed by atoms with Gasteiger partial charge in [0.05, 0.1) is 5.41 Å². The Bertz CT molecular complexity index is 587. The van der Waals surface area contributed by atoms with Crippen LogP contribution in [-0.2, 0) is 5.41 Å². The minimum atomic E-state index is 0.0942. The largest absolute Gasteiger partial charge is 0.148 e. The molecule has 114 valence electrons. The molecular formula is C19H20S3. The molecule has 1 aliphatic carbocycles. The highest BCUT2D eigenvalue weighted by Crippen LogP contribution is 2.54. The molecule has 3 aromatic rings. The first kappa shape index (κ1) is 14.7. The highest BCUT2D eigenvalue weighted by molar-refractivity contribution is 7.13. The standard InChI is InChI=1S/C19H20S3/c1-2-7-15(8-3-1)19(16-9-4-12-20-16,17-10-5-13-21-17)18-11-6-14-22-18/h4-6,9-15H,1-3,7-8H2. The van der Waals surface area contributed by atoms with Crippen molar-refractivity contribution in [2.45, 2.75) is 37.5 Å². The number of hydrogen-bond acceptors (Lipinski definition) is 3. The minimum Gasteiger partial charge on any atom is -0.148 e. The fourth-order valence-corrected chi connectivity index (χ4v) is 7.31. The molecule has 0 radical (unpaired) electrons. The molecule has 0 bridgehead atoms. The van der Waals surface area contributed by atoms with Gasteiger partial charge < -0.3 is 0 Å². The van der Waals surface area contributed by atoms with Crippen molar-refractivity contribution < 1.29 is 0 Å². The summed E-state index contributed by atoms with van der Waals surface area (Å²) in [4.78, 5) is 4.60. The monoisotopic (exact) mass is 344 g/mol. The summed E-state index contributed by atoms with van der Waals surface area (Å²) in [6, 6.07) is 13.7. The van der Waals surface area contributed by atoms with Gasteiger partial charge in [-0.25, -0.2) is 0 Å². The Morgan fingerprint density at radius 3 is 1.50 bits per heavy atom. The van der Waals surface area contributed by atoms with Gasteiger partial charge in [0, 0.05) is 14.6 Å². The second kappa shape index (κ2) is 6.31. The van der Waals surface area contributed by atoms with Crippen LogP contribution >= 0.6 is 34.0 Å². The first-order valence-electron chi connectivity index (χ1n) is 8.04. The van der Waals surface area contributed by atoms with E-state index in [0.717, 1.165) is 5.92 Å². The van der Waals surface area contributed by atoms with E-state index >= 15 is 0 Å². The molecule has 0 amide bonds. The molecule has 0 N–H and O–H groups in total. The predicted molar refractivity (Wildman–Crippen MR) is 99.4 cm³/mol. The summed E-state index contributed by atoms with van der Waals surface area (Å²) in [5, 5.41) is 6.73. The van der Waals surface area contributed by atoms with E-state index in [1.54, 1.807) is 0 Å². The van der Waals surface area contributed by atoms with Gasteiger partial charge in [-0.15, -0.1) is 34.0 Å². The van der Waals surface area contributed by atoms with Crippen LogP contribution in [0.2, 0.25) is 0 Å². The van der Waals surface area contributed by atoms with Gasteiger partial charge in [-0.3, -0.25) is 0 Å². The summed E-state index contributed by atoms with van der Waals surface area (Å²) in [5.74, 6) is 0.734. The van der Waals surface area contributed by atoms with Crippen molar-refractivity contribution in [3.05, 3.63) is 67.2 Å².